The molecule has 1 aliphatic heterocycles. The van der Waals surface area contributed by atoms with Crippen LogP contribution in [0, 0.1) is 18.8 Å². The zero-order chi connectivity index (χ0) is 21.1. The van der Waals surface area contributed by atoms with Crippen molar-refractivity contribution in [1.82, 2.24) is 9.88 Å². The number of carbonyl (C=O) groups is 3. The summed E-state index contributed by atoms with van der Waals surface area (Å²) in [4.78, 5) is 43.7. The number of aromatic nitrogens is 1. The lowest BCUT2D eigenvalue weighted by Crippen LogP contribution is -2.43. The Labute approximate surface area is 175 Å². The van der Waals surface area contributed by atoms with E-state index in [1.807, 2.05) is 19.1 Å². The van der Waals surface area contributed by atoms with Gasteiger partial charge in [-0.15, -0.1) is 0 Å². The molecule has 0 spiro atoms. The molecule has 1 unspecified atom stereocenters. The lowest BCUT2D eigenvalue weighted by atomic mass is 9.96. The van der Waals surface area contributed by atoms with E-state index < -0.39 is 0 Å². The maximum Gasteiger partial charge on any atom is 0.253 e. The molecule has 1 aliphatic carbocycles. The van der Waals surface area contributed by atoms with Crippen LogP contribution < -0.4 is 10.6 Å². The summed E-state index contributed by atoms with van der Waals surface area (Å²) in [7, 11) is 0. The van der Waals surface area contributed by atoms with E-state index in [9.17, 15) is 14.4 Å². The average molecular weight is 406 g/mol. The highest BCUT2D eigenvalue weighted by atomic mass is 16.2. The summed E-state index contributed by atoms with van der Waals surface area (Å²) in [5, 5.41) is 5.77. The summed E-state index contributed by atoms with van der Waals surface area (Å²) in [6.45, 7) is 2.88. The standard InChI is InChI=1S/C23H26N4O3/c1-15-5-3-11-24-20(15)26-22(29)18-7-4-12-27(14-18)23(30)17-6-2-8-19(13-17)25-21(28)16-9-10-16/h2-3,5-6,8,11,13,16,18H,4,7,9-10,12,14H2,1H3,(H,25,28)(H,24,26,29). The lowest BCUT2D eigenvalue weighted by molar-refractivity contribution is -0.121. The number of carbonyl (C=O) groups excluding carboxylic acids is 3. The monoisotopic (exact) mass is 406 g/mol. The number of rotatable bonds is 5. The Kier molecular flexibility index (Phi) is 5.79. The number of benzene rings is 1. The minimum atomic E-state index is -0.276. The summed E-state index contributed by atoms with van der Waals surface area (Å²) in [5.41, 5.74) is 2.06. The quantitative estimate of drug-likeness (QED) is 0.798. The van der Waals surface area contributed by atoms with Crippen LogP contribution in [0.25, 0.3) is 0 Å². The fraction of sp³-hybridized carbons (Fsp3) is 0.391. The molecule has 2 heterocycles. The molecule has 7 heteroatoms. The maximum atomic E-state index is 13.0. The van der Waals surface area contributed by atoms with Gasteiger partial charge in [-0.05, 0) is 62.4 Å². The van der Waals surface area contributed by atoms with E-state index in [1.54, 1.807) is 35.4 Å². The first-order valence-electron chi connectivity index (χ1n) is 10.4. The van der Waals surface area contributed by atoms with Crippen molar-refractivity contribution in [3.05, 3.63) is 53.7 Å². The molecule has 1 atom stereocenters. The SMILES string of the molecule is Cc1cccnc1NC(=O)C1CCCN(C(=O)c2cccc(NC(=O)C3CC3)c2)C1. The number of aryl methyl sites for hydroxylation is 1. The van der Waals surface area contributed by atoms with Crippen molar-refractivity contribution in [2.45, 2.75) is 32.6 Å². The normalized spacial score (nSPS) is 18.6. The third-order valence-corrected chi connectivity index (χ3v) is 5.66. The molecule has 30 heavy (non-hydrogen) atoms. The van der Waals surface area contributed by atoms with Gasteiger partial charge in [0.1, 0.15) is 5.82 Å². The highest BCUT2D eigenvalue weighted by molar-refractivity contribution is 5.99. The molecule has 1 aromatic carbocycles. The Hall–Kier alpha value is -3.22. The van der Waals surface area contributed by atoms with Crippen LogP contribution in [0.4, 0.5) is 11.5 Å². The summed E-state index contributed by atoms with van der Waals surface area (Å²) in [6.07, 6.45) is 5.01. The zero-order valence-electron chi connectivity index (χ0n) is 17.1. The van der Waals surface area contributed by atoms with Gasteiger partial charge in [0.05, 0.1) is 5.92 Å². The largest absolute Gasteiger partial charge is 0.338 e. The van der Waals surface area contributed by atoms with Crippen molar-refractivity contribution in [3.8, 4) is 0 Å². The molecule has 3 amide bonds. The van der Waals surface area contributed by atoms with Crippen molar-refractivity contribution >= 4 is 29.2 Å². The fourth-order valence-corrected chi connectivity index (χ4v) is 3.71. The predicted molar refractivity (Wildman–Crippen MR) is 114 cm³/mol. The van der Waals surface area contributed by atoms with Crippen LogP contribution in [0.2, 0.25) is 0 Å². The van der Waals surface area contributed by atoms with Crippen molar-refractivity contribution in [1.29, 1.82) is 0 Å². The molecule has 0 bridgehead atoms. The molecule has 1 aromatic heterocycles. The summed E-state index contributed by atoms with van der Waals surface area (Å²) in [5.74, 6) is 0.170. The second-order valence-electron chi connectivity index (χ2n) is 8.09. The summed E-state index contributed by atoms with van der Waals surface area (Å²) < 4.78 is 0. The van der Waals surface area contributed by atoms with Crippen LogP contribution in [0.3, 0.4) is 0 Å². The molecular formula is C23H26N4O3. The van der Waals surface area contributed by atoms with Crippen LogP contribution in [0.1, 0.15) is 41.6 Å². The molecule has 2 aromatic rings. The molecule has 156 valence electrons. The smallest absolute Gasteiger partial charge is 0.253 e. The van der Waals surface area contributed by atoms with Gasteiger partial charge in [-0.25, -0.2) is 4.98 Å². The first-order chi connectivity index (χ1) is 14.5. The Morgan fingerprint density at radius 3 is 2.57 bits per heavy atom. The number of nitrogens with zero attached hydrogens (tertiary/aromatic N) is 2. The van der Waals surface area contributed by atoms with Gasteiger partial charge in [-0.2, -0.15) is 0 Å². The number of hydrogen-bond acceptors (Lipinski definition) is 4. The summed E-state index contributed by atoms with van der Waals surface area (Å²) in [6, 6.07) is 10.7. The topological polar surface area (TPSA) is 91.4 Å². The first-order valence-corrected chi connectivity index (χ1v) is 10.4. The lowest BCUT2D eigenvalue weighted by Gasteiger charge is -2.32. The summed E-state index contributed by atoms with van der Waals surface area (Å²) >= 11 is 0. The highest BCUT2D eigenvalue weighted by Crippen LogP contribution is 2.30. The molecule has 0 radical (unpaired) electrons. The van der Waals surface area contributed by atoms with E-state index in [0.29, 0.717) is 30.2 Å². The Morgan fingerprint density at radius 1 is 1.00 bits per heavy atom. The van der Waals surface area contributed by atoms with Gasteiger partial charge in [-0.1, -0.05) is 12.1 Å². The molecule has 4 rings (SSSR count). The van der Waals surface area contributed by atoms with Gasteiger partial charge in [0.25, 0.3) is 5.91 Å². The number of amides is 3. The maximum absolute atomic E-state index is 13.0. The fourth-order valence-electron chi connectivity index (χ4n) is 3.71. The van der Waals surface area contributed by atoms with Gasteiger partial charge in [0, 0.05) is 36.5 Å². The minimum absolute atomic E-state index is 0.0131. The Morgan fingerprint density at radius 2 is 1.80 bits per heavy atom. The molecular weight excluding hydrogens is 380 g/mol. The Bertz CT molecular complexity index is 970. The highest BCUT2D eigenvalue weighted by Gasteiger charge is 2.31. The molecule has 7 nitrogen and oxygen atoms in total. The molecule has 2 fully saturated rings. The van der Waals surface area contributed by atoms with E-state index in [2.05, 4.69) is 15.6 Å². The van der Waals surface area contributed by atoms with E-state index in [4.69, 9.17) is 0 Å². The molecule has 1 saturated heterocycles. The van der Waals surface area contributed by atoms with Crippen LogP contribution in [-0.2, 0) is 9.59 Å². The van der Waals surface area contributed by atoms with Crippen molar-refractivity contribution in [3.63, 3.8) is 0 Å². The second kappa shape index (κ2) is 8.65. The predicted octanol–water partition coefficient (Wildman–Crippen LogP) is 3.23. The van der Waals surface area contributed by atoms with Gasteiger partial charge in [-0.3, -0.25) is 14.4 Å². The van der Waals surface area contributed by atoms with Crippen molar-refractivity contribution in [2.75, 3.05) is 23.7 Å². The van der Waals surface area contributed by atoms with Crippen LogP contribution >= 0.6 is 0 Å². The number of nitrogens with one attached hydrogen (secondary N) is 2. The van der Waals surface area contributed by atoms with Crippen molar-refractivity contribution < 1.29 is 14.4 Å². The van der Waals surface area contributed by atoms with E-state index in [1.165, 1.54) is 0 Å². The first kappa shape index (κ1) is 20.1. The number of anilines is 2. The number of hydrogen-bond donors (Lipinski definition) is 2. The van der Waals surface area contributed by atoms with Crippen LogP contribution in [-0.4, -0.2) is 40.7 Å². The van der Waals surface area contributed by atoms with Gasteiger partial charge in [0.2, 0.25) is 11.8 Å². The van der Waals surface area contributed by atoms with Crippen LogP contribution in [0.15, 0.2) is 42.6 Å². The van der Waals surface area contributed by atoms with E-state index >= 15 is 0 Å². The second-order valence-corrected chi connectivity index (χ2v) is 8.09. The average Bonchev–Trinajstić information content (AvgIpc) is 3.61. The molecule has 1 saturated carbocycles. The van der Waals surface area contributed by atoms with Crippen LogP contribution in [0.5, 0.6) is 0 Å². The van der Waals surface area contributed by atoms with Gasteiger partial charge < -0.3 is 15.5 Å². The molecule has 2 aliphatic rings. The molecule has 2 N–H and O–H groups in total. The van der Waals surface area contributed by atoms with E-state index in [-0.39, 0.29) is 29.6 Å². The Balaban J connectivity index is 1.40. The van der Waals surface area contributed by atoms with Gasteiger partial charge in [0.15, 0.2) is 0 Å². The number of likely N-dealkylation sites (tertiary alicyclic amines) is 1. The number of pyridine rings is 1. The third kappa shape index (κ3) is 4.67. The zero-order valence-corrected chi connectivity index (χ0v) is 17.1. The number of piperidine rings is 1. The minimum Gasteiger partial charge on any atom is -0.338 e. The van der Waals surface area contributed by atoms with Gasteiger partial charge >= 0.3 is 0 Å². The third-order valence-electron chi connectivity index (χ3n) is 5.66. The van der Waals surface area contributed by atoms with E-state index in [0.717, 1.165) is 31.2 Å². The van der Waals surface area contributed by atoms with Crippen molar-refractivity contribution in [2.24, 2.45) is 11.8 Å².